The maximum absolute atomic E-state index is 14.2. The molecule has 2 aromatic carbocycles. The number of ether oxygens (including phenoxy) is 1. The second-order valence-corrected chi connectivity index (χ2v) is 12.9. The van der Waals surface area contributed by atoms with Crippen LogP contribution in [0.15, 0.2) is 60.7 Å². The Kier molecular flexibility index (Phi) is 8.42. The zero-order valence-electron chi connectivity index (χ0n) is 25.6. The fourth-order valence-electron chi connectivity index (χ4n) is 7.56. The Morgan fingerprint density at radius 2 is 1.79 bits per heavy atom. The van der Waals surface area contributed by atoms with Crippen LogP contribution in [0.3, 0.4) is 0 Å². The number of carbonyl (C=O) groups is 3. The van der Waals surface area contributed by atoms with Gasteiger partial charge in [-0.3, -0.25) is 14.4 Å². The van der Waals surface area contributed by atoms with E-state index in [1.165, 1.54) is 12.0 Å². The molecule has 3 fully saturated rings. The molecule has 1 spiro atoms. The van der Waals surface area contributed by atoms with E-state index in [4.69, 9.17) is 4.74 Å². The molecule has 43 heavy (non-hydrogen) atoms. The van der Waals surface area contributed by atoms with E-state index < -0.39 is 29.6 Å². The van der Waals surface area contributed by atoms with Gasteiger partial charge in [0.1, 0.15) is 11.6 Å². The molecule has 1 saturated carbocycles. The minimum absolute atomic E-state index is 0.108. The molecule has 6 rings (SSSR count). The number of nitrogens with zero attached hydrogens (tertiary/aromatic N) is 2. The summed E-state index contributed by atoms with van der Waals surface area (Å²) in [4.78, 5) is 46.0. The van der Waals surface area contributed by atoms with E-state index in [-0.39, 0.29) is 23.8 Å². The van der Waals surface area contributed by atoms with Crippen LogP contribution in [0.1, 0.15) is 55.2 Å². The number of nitrogens with one attached hydrogen (secondary N) is 2. The molecule has 3 amide bonds. The molecule has 8 nitrogen and oxygen atoms in total. The summed E-state index contributed by atoms with van der Waals surface area (Å²) >= 11 is 0. The number of carbonyl (C=O) groups excluding carboxylic acids is 3. The van der Waals surface area contributed by atoms with Crippen LogP contribution < -0.4 is 10.6 Å². The molecule has 2 bridgehead atoms. The van der Waals surface area contributed by atoms with Crippen molar-refractivity contribution >= 4 is 23.4 Å². The van der Waals surface area contributed by atoms with Crippen molar-refractivity contribution in [3.63, 3.8) is 0 Å². The number of anilines is 1. The average molecular weight is 585 g/mol. The van der Waals surface area contributed by atoms with Gasteiger partial charge in [-0.15, -0.1) is 0 Å². The summed E-state index contributed by atoms with van der Waals surface area (Å²) in [5.41, 5.74) is 3.02. The van der Waals surface area contributed by atoms with Gasteiger partial charge in [0.15, 0.2) is 0 Å². The number of hydrogen-bond acceptors (Lipinski definition) is 5. The quantitative estimate of drug-likeness (QED) is 0.405. The first-order valence-electron chi connectivity index (χ1n) is 15.9. The van der Waals surface area contributed by atoms with Crippen LogP contribution in [-0.4, -0.2) is 71.4 Å². The number of rotatable bonds is 10. The molecule has 228 valence electrons. The molecule has 2 saturated heterocycles. The highest BCUT2D eigenvalue weighted by molar-refractivity contribution is 6.02. The molecule has 0 aromatic heterocycles. The Hall–Kier alpha value is -3.49. The summed E-state index contributed by atoms with van der Waals surface area (Å²) in [5.74, 6) is -2.01. The minimum atomic E-state index is -1.14. The smallest absolute Gasteiger partial charge is 0.246 e. The summed E-state index contributed by atoms with van der Waals surface area (Å²) in [6, 6.07) is 15.4. The Balaban J connectivity index is 1.21. The van der Waals surface area contributed by atoms with Crippen LogP contribution >= 0.6 is 0 Å². The van der Waals surface area contributed by atoms with Crippen LogP contribution in [0.25, 0.3) is 0 Å². The first kappa shape index (κ1) is 29.6. The zero-order chi connectivity index (χ0) is 30.1. The number of hydrogen-bond donors (Lipinski definition) is 2. The van der Waals surface area contributed by atoms with Gasteiger partial charge in [0.2, 0.25) is 17.7 Å². The molecule has 5 atom stereocenters. The number of fused-ring (bicyclic) bond motifs is 1. The lowest BCUT2D eigenvalue weighted by atomic mass is 9.74. The first-order chi connectivity index (χ1) is 20.8. The molecular weight excluding hydrogens is 540 g/mol. The van der Waals surface area contributed by atoms with E-state index >= 15 is 0 Å². The van der Waals surface area contributed by atoms with Gasteiger partial charge >= 0.3 is 0 Å². The van der Waals surface area contributed by atoms with Gasteiger partial charge in [-0.1, -0.05) is 67.8 Å². The van der Waals surface area contributed by atoms with Crippen LogP contribution in [-0.2, 0) is 25.7 Å². The van der Waals surface area contributed by atoms with Gasteiger partial charge in [-0.2, -0.15) is 0 Å². The Labute approximate surface area is 254 Å². The summed E-state index contributed by atoms with van der Waals surface area (Å²) in [5, 5.41) is 6.31. The molecule has 4 aliphatic rings. The second-order valence-electron chi connectivity index (χ2n) is 12.9. The molecule has 8 heteroatoms. The summed E-state index contributed by atoms with van der Waals surface area (Å²) < 4.78 is 6.52. The van der Waals surface area contributed by atoms with Crippen molar-refractivity contribution in [3.05, 3.63) is 77.4 Å². The predicted octanol–water partition coefficient (Wildman–Crippen LogP) is 4.36. The van der Waals surface area contributed by atoms with Gasteiger partial charge in [0, 0.05) is 24.8 Å². The normalized spacial score (nSPS) is 28.0. The first-order valence-corrected chi connectivity index (χ1v) is 15.9. The lowest BCUT2D eigenvalue weighted by molar-refractivity contribution is -0.141. The van der Waals surface area contributed by atoms with Crippen molar-refractivity contribution in [3.8, 4) is 0 Å². The van der Waals surface area contributed by atoms with Crippen molar-refractivity contribution in [1.82, 2.24) is 15.1 Å². The van der Waals surface area contributed by atoms with Gasteiger partial charge in [0.05, 0.1) is 17.9 Å². The van der Waals surface area contributed by atoms with Crippen molar-refractivity contribution < 1.29 is 19.1 Å². The fraction of sp³-hybridized carbons (Fsp3) is 0.514. The largest absolute Gasteiger partial charge is 0.359 e. The Bertz CT molecular complexity index is 1390. The van der Waals surface area contributed by atoms with Crippen LogP contribution in [0.4, 0.5) is 5.69 Å². The highest BCUT2D eigenvalue weighted by Gasteiger charge is 2.72. The lowest BCUT2D eigenvalue weighted by Crippen LogP contribution is -2.56. The SMILES string of the molecule is Cc1ccc(NC(=O)[C@@H]2[C@H]3C=C[C@]4(O3)[C@H](C(=O)NC3CCCCC3)N(CCCN(C)Cc3ccccc3)C(=O)[C@@H]24)cc1C. The highest BCUT2D eigenvalue weighted by Crippen LogP contribution is 2.55. The maximum Gasteiger partial charge on any atom is 0.246 e. The van der Waals surface area contributed by atoms with Crippen LogP contribution in [0.2, 0.25) is 0 Å². The molecule has 1 aliphatic carbocycles. The molecular formula is C35H44N4O4. The van der Waals surface area contributed by atoms with Crippen molar-refractivity contribution in [1.29, 1.82) is 0 Å². The number of aryl methyl sites for hydroxylation is 2. The molecule has 0 radical (unpaired) electrons. The van der Waals surface area contributed by atoms with Crippen molar-refractivity contribution in [2.24, 2.45) is 11.8 Å². The van der Waals surface area contributed by atoms with E-state index in [0.29, 0.717) is 18.7 Å². The monoisotopic (exact) mass is 584 g/mol. The molecule has 3 heterocycles. The Morgan fingerprint density at radius 1 is 1.02 bits per heavy atom. The molecule has 2 aromatic rings. The van der Waals surface area contributed by atoms with Gasteiger partial charge in [-0.05, 0) is 75.5 Å². The van der Waals surface area contributed by atoms with Crippen LogP contribution in [0, 0.1) is 25.7 Å². The zero-order valence-corrected chi connectivity index (χ0v) is 25.6. The predicted molar refractivity (Wildman–Crippen MR) is 166 cm³/mol. The topological polar surface area (TPSA) is 91.0 Å². The number of amides is 3. The standard InChI is InChI=1S/C35H44N4O4/c1-23-15-16-27(21-24(23)2)37-32(40)29-28-17-18-35(43-28)30(29)34(42)39(31(35)33(41)36-26-13-8-5-9-14-26)20-10-19-38(3)22-25-11-6-4-7-12-25/h4,6-7,11-12,15-18,21,26,28-31H,5,8-10,13-14,19-20,22H2,1-3H3,(H,36,41)(H,37,40)/t28-,29-,30-,31+,35-/m1/s1. The number of benzene rings is 2. The molecule has 2 N–H and O–H groups in total. The van der Waals surface area contributed by atoms with Crippen LogP contribution in [0.5, 0.6) is 0 Å². The summed E-state index contributed by atoms with van der Waals surface area (Å²) in [6.07, 6.45) is 9.23. The second kappa shape index (κ2) is 12.2. The molecule has 0 unspecified atom stereocenters. The third-order valence-corrected chi connectivity index (χ3v) is 9.89. The van der Waals surface area contributed by atoms with E-state index in [0.717, 1.165) is 49.9 Å². The van der Waals surface area contributed by atoms with Gasteiger partial charge in [-0.25, -0.2) is 0 Å². The Morgan fingerprint density at radius 3 is 2.53 bits per heavy atom. The third kappa shape index (κ3) is 5.75. The fourth-order valence-corrected chi connectivity index (χ4v) is 7.56. The van der Waals surface area contributed by atoms with Gasteiger partial charge < -0.3 is 25.2 Å². The molecule has 3 aliphatic heterocycles. The summed E-state index contributed by atoms with van der Waals surface area (Å²) in [6.45, 7) is 6.04. The lowest BCUT2D eigenvalue weighted by Gasteiger charge is -2.34. The van der Waals surface area contributed by atoms with E-state index in [1.54, 1.807) is 4.90 Å². The van der Waals surface area contributed by atoms with E-state index in [2.05, 4.69) is 34.7 Å². The average Bonchev–Trinajstić information content (AvgIpc) is 3.63. The third-order valence-electron chi connectivity index (χ3n) is 9.89. The van der Waals surface area contributed by atoms with Crippen molar-refractivity contribution in [2.75, 3.05) is 25.5 Å². The van der Waals surface area contributed by atoms with E-state index in [1.807, 2.05) is 62.4 Å². The van der Waals surface area contributed by atoms with E-state index in [9.17, 15) is 14.4 Å². The highest BCUT2D eigenvalue weighted by atomic mass is 16.5. The van der Waals surface area contributed by atoms with Gasteiger partial charge in [0.25, 0.3) is 0 Å². The maximum atomic E-state index is 14.2. The number of likely N-dealkylation sites (tertiary alicyclic amines) is 1. The summed E-state index contributed by atoms with van der Waals surface area (Å²) in [7, 11) is 2.07. The minimum Gasteiger partial charge on any atom is -0.359 e. The van der Waals surface area contributed by atoms with Crippen molar-refractivity contribution in [2.45, 2.75) is 82.7 Å².